The first kappa shape index (κ1) is 22.4. The number of ether oxygens (including phenoxy) is 1. The van der Waals surface area contributed by atoms with Crippen molar-refractivity contribution in [3.05, 3.63) is 89.0 Å². The van der Waals surface area contributed by atoms with E-state index in [1.165, 1.54) is 6.07 Å². The van der Waals surface area contributed by atoms with Crippen molar-refractivity contribution in [3.8, 4) is 5.75 Å². The van der Waals surface area contributed by atoms with Crippen molar-refractivity contribution in [2.24, 2.45) is 0 Å². The second kappa shape index (κ2) is 9.66. The van der Waals surface area contributed by atoms with E-state index in [9.17, 15) is 13.2 Å². The van der Waals surface area contributed by atoms with E-state index in [-0.39, 0.29) is 16.4 Å². The van der Waals surface area contributed by atoms with Crippen LogP contribution in [0.2, 0.25) is 0 Å². The summed E-state index contributed by atoms with van der Waals surface area (Å²) in [5, 5.41) is 2.76. The van der Waals surface area contributed by atoms with Gasteiger partial charge >= 0.3 is 0 Å². The van der Waals surface area contributed by atoms with Crippen LogP contribution in [0.25, 0.3) is 0 Å². The number of carbonyl (C=O) groups excluding carboxylic acids is 1. The molecular formula is C24H26N2O4S. The van der Waals surface area contributed by atoms with Gasteiger partial charge in [0, 0.05) is 11.3 Å². The lowest BCUT2D eigenvalue weighted by atomic mass is 10.1. The van der Waals surface area contributed by atoms with Crippen molar-refractivity contribution < 1.29 is 17.9 Å². The van der Waals surface area contributed by atoms with Gasteiger partial charge in [0.2, 0.25) is 0 Å². The average molecular weight is 439 g/mol. The molecule has 0 aliphatic rings. The summed E-state index contributed by atoms with van der Waals surface area (Å²) in [5.41, 5.74) is 3.33. The van der Waals surface area contributed by atoms with Crippen molar-refractivity contribution in [3.63, 3.8) is 0 Å². The van der Waals surface area contributed by atoms with Crippen LogP contribution in [0.4, 0.5) is 5.69 Å². The third-order valence-corrected chi connectivity index (χ3v) is 6.18. The van der Waals surface area contributed by atoms with Gasteiger partial charge in [-0.3, -0.25) is 9.52 Å². The van der Waals surface area contributed by atoms with Crippen molar-refractivity contribution >= 4 is 21.6 Å². The molecule has 0 aliphatic heterocycles. The minimum absolute atomic E-state index is 0.0673. The summed E-state index contributed by atoms with van der Waals surface area (Å²) in [4.78, 5) is 12.6. The molecule has 0 saturated heterocycles. The normalized spacial score (nSPS) is 11.1. The number of anilines is 1. The minimum Gasteiger partial charge on any atom is -0.492 e. The van der Waals surface area contributed by atoms with Gasteiger partial charge in [0.15, 0.2) is 0 Å². The highest BCUT2D eigenvalue weighted by atomic mass is 32.2. The van der Waals surface area contributed by atoms with E-state index in [4.69, 9.17) is 4.74 Å². The Bertz CT molecular complexity index is 1190. The second-order valence-electron chi connectivity index (χ2n) is 7.38. The molecule has 6 nitrogen and oxygen atoms in total. The van der Waals surface area contributed by atoms with Crippen LogP contribution >= 0.6 is 0 Å². The molecule has 0 radical (unpaired) electrons. The Morgan fingerprint density at radius 3 is 2.32 bits per heavy atom. The molecule has 0 atom stereocenters. The number of carbonyl (C=O) groups is 1. The van der Waals surface area contributed by atoms with Crippen LogP contribution < -0.4 is 14.8 Å². The Morgan fingerprint density at radius 1 is 0.903 bits per heavy atom. The van der Waals surface area contributed by atoms with Gasteiger partial charge in [-0.25, -0.2) is 8.42 Å². The summed E-state index contributed by atoms with van der Waals surface area (Å²) in [7, 11) is -3.84. The van der Waals surface area contributed by atoms with Gasteiger partial charge in [0.05, 0.1) is 11.4 Å². The molecule has 162 valence electrons. The van der Waals surface area contributed by atoms with Crippen LogP contribution in [0.15, 0.2) is 71.6 Å². The molecule has 0 aromatic heterocycles. The molecule has 0 aliphatic carbocycles. The molecular weight excluding hydrogens is 412 g/mol. The first-order valence-corrected chi connectivity index (χ1v) is 11.4. The van der Waals surface area contributed by atoms with Gasteiger partial charge < -0.3 is 10.1 Å². The monoisotopic (exact) mass is 438 g/mol. The number of hydrogen-bond acceptors (Lipinski definition) is 4. The van der Waals surface area contributed by atoms with Gasteiger partial charge in [-0.2, -0.15) is 0 Å². The maximum atomic E-state index is 12.9. The van der Waals surface area contributed by atoms with Crippen LogP contribution in [-0.2, 0) is 10.0 Å². The van der Waals surface area contributed by atoms with E-state index >= 15 is 0 Å². The number of amides is 1. The lowest BCUT2D eigenvalue weighted by Crippen LogP contribution is -2.28. The average Bonchev–Trinajstić information content (AvgIpc) is 2.71. The molecule has 7 heteroatoms. The Balaban J connectivity index is 1.66. The quantitative estimate of drug-likeness (QED) is 0.516. The smallest absolute Gasteiger partial charge is 0.262 e. The summed E-state index contributed by atoms with van der Waals surface area (Å²) in [6.07, 6.45) is 0. The van der Waals surface area contributed by atoms with Gasteiger partial charge in [0.1, 0.15) is 12.4 Å². The van der Waals surface area contributed by atoms with E-state index in [0.717, 1.165) is 16.9 Å². The summed E-state index contributed by atoms with van der Waals surface area (Å²) < 4.78 is 34.0. The van der Waals surface area contributed by atoms with E-state index in [1.54, 1.807) is 37.3 Å². The van der Waals surface area contributed by atoms with Crippen LogP contribution in [0, 0.1) is 20.8 Å². The first-order chi connectivity index (χ1) is 14.7. The van der Waals surface area contributed by atoms with E-state index < -0.39 is 10.0 Å². The molecule has 3 aromatic rings. The fourth-order valence-corrected chi connectivity index (χ4v) is 4.41. The first-order valence-electron chi connectivity index (χ1n) is 9.92. The molecule has 3 rings (SSSR count). The third kappa shape index (κ3) is 6.08. The lowest BCUT2D eigenvalue weighted by Gasteiger charge is -2.13. The molecule has 31 heavy (non-hydrogen) atoms. The molecule has 0 unspecified atom stereocenters. The highest BCUT2D eigenvalue weighted by molar-refractivity contribution is 7.92. The Kier molecular flexibility index (Phi) is 6.97. The molecule has 0 bridgehead atoms. The molecule has 3 aromatic carbocycles. The highest BCUT2D eigenvalue weighted by Gasteiger charge is 2.19. The topological polar surface area (TPSA) is 84.5 Å². The molecule has 0 heterocycles. The van der Waals surface area contributed by atoms with Crippen LogP contribution in [0.5, 0.6) is 5.75 Å². The third-order valence-electron chi connectivity index (χ3n) is 4.66. The minimum atomic E-state index is -3.84. The van der Waals surface area contributed by atoms with Crippen LogP contribution in [-0.4, -0.2) is 27.5 Å². The van der Waals surface area contributed by atoms with Gasteiger partial charge in [-0.15, -0.1) is 0 Å². The molecule has 0 fully saturated rings. The zero-order valence-electron chi connectivity index (χ0n) is 17.8. The summed E-state index contributed by atoms with van der Waals surface area (Å²) in [6, 6.07) is 19.4. The summed E-state index contributed by atoms with van der Waals surface area (Å²) >= 11 is 0. The molecule has 1 amide bonds. The van der Waals surface area contributed by atoms with Gasteiger partial charge in [-0.1, -0.05) is 30.3 Å². The number of rotatable bonds is 8. The van der Waals surface area contributed by atoms with Crippen molar-refractivity contribution in [2.45, 2.75) is 25.7 Å². The molecule has 2 N–H and O–H groups in total. The Hall–Kier alpha value is -3.32. The largest absolute Gasteiger partial charge is 0.492 e. The van der Waals surface area contributed by atoms with E-state index in [0.29, 0.717) is 24.4 Å². The van der Waals surface area contributed by atoms with Crippen LogP contribution in [0.3, 0.4) is 0 Å². The highest BCUT2D eigenvalue weighted by Crippen LogP contribution is 2.21. The number of sulfonamides is 1. The predicted octanol–water partition coefficient (Wildman–Crippen LogP) is 4.22. The lowest BCUT2D eigenvalue weighted by molar-refractivity contribution is 0.0946. The fourth-order valence-electron chi connectivity index (χ4n) is 3.09. The number of hydrogen-bond donors (Lipinski definition) is 2. The zero-order valence-corrected chi connectivity index (χ0v) is 18.6. The second-order valence-corrected chi connectivity index (χ2v) is 9.03. The van der Waals surface area contributed by atoms with Crippen molar-refractivity contribution in [2.75, 3.05) is 17.9 Å². The van der Waals surface area contributed by atoms with Gasteiger partial charge in [-0.05, 0) is 73.9 Å². The van der Waals surface area contributed by atoms with Gasteiger partial charge in [0.25, 0.3) is 15.9 Å². The fraction of sp³-hybridized carbons (Fsp3) is 0.208. The predicted molar refractivity (Wildman–Crippen MR) is 122 cm³/mol. The Labute approximate surface area is 183 Å². The molecule has 0 spiro atoms. The Morgan fingerprint density at radius 2 is 1.61 bits per heavy atom. The number of nitrogens with one attached hydrogen (secondary N) is 2. The maximum absolute atomic E-state index is 12.9. The summed E-state index contributed by atoms with van der Waals surface area (Å²) in [5.74, 6) is 0.375. The van der Waals surface area contributed by atoms with Crippen LogP contribution in [0.1, 0.15) is 27.0 Å². The summed E-state index contributed by atoms with van der Waals surface area (Å²) in [6.45, 7) is 6.16. The van der Waals surface area contributed by atoms with Crippen molar-refractivity contribution in [1.82, 2.24) is 5.32 Å². The standard InChI is InChI=1S/C24H26N2O4S/c1-17-6-4-8-21(14-17)26-31(28,29)23-16-20(11-10-19(23)3)24(27)25-12-13-30-22-9-5-7-18(2)15-22/h4-11,14-16,26H,12-13H2,1-3H3,(H,25,27). The zero-order chi connectivity index (χ0) is 22.4. The number of aryl methyl sites for hydroxylation is 3. The van der Waals surface area contributed by atoms with Crippen molar-refractivity contribution in [1.29, 1.82) is 0 Å². The number of benzene rings is 3. The SMILES string of the molecule is Cc1cccc(NS(=O)(=O)c2cc(C(=O)NCCOc3cccc(C)c3)ccc2C)c1. The maximum Gasteiger partial charge on any atom is 0.262 e. The van der Waals surface area contributed by atoms with E-state index in [1.807, 2.05) is 44.2 Å². The molecule has 0 saturated carbocycles. The van der Waals surface area contributed by atoms with E-state index in [2.05, 4.69) is 10.0 Å².